The molecule has 0 aromatic heterocycles. The van der Waals surface area contributed by atoms with Crippen LogP contribution in [0.1, 0.15) is 33.3 Å². The van der Waals surface area contributed by atoms with Gasteiger partial charge in [-0.2, -0.15) is 0 Å². The largest absolute Gasteiger partial charge is 0.484 e. The van der Waals surface area contributed by atoms with Gasteiger partial charge in [-0.15, -0.1) is 0 Å². The molecule has 0 spiro atoms. The average Bonchev–Trinajstić information content (AvgIpc) is 2.42. The molecule has 0 fully saturated rings. The first kappa shape index (κ1) is 17.5. The minimum atomic E-state index is -0.463. The molecule has 0 aliphatic carbocycles. The van der Waals surface area contributed by atoms with Crippen LogP contribution in [-0.4, -0.2) is 30.3 Å². The Morgan fingerprint density at radius 3 is 2.62 bits per heavy atom. The van der Waals surface area contributed by atoms with Crippen LogP contribution in [0.3, 0.4) is 0 Å². The summed E-state index contributed by atoms with van der Waals surface area (Å²) in [4.78, 5) is 11.8. The number of aliphatic hydroxyl groups excluding tert-OH is 1. The fraction of sp³-hybridized carbons (Fsp3) is 0.588. The number of hydrogen-bond donors (Lipinski definition) is 2. The molecule has 1 atom stereocenters. The van der Waals surface area contributed by atoms with E-state index in [1.165, 1.54) is 0 Å². The zero-order valence-electron chi connectivity index (χ0n) is 13.6. The van der Waals surface area contributed by atoms with Gasteiger partial charge >= 0.3 is 0 Å². The van der Waals surface area contributed by atoms with Crippen LogP contribution in [0.2, 0.25) is 0 Å². The first-order valence-corrected chi connectivity index (χ1v) is 7.36. The van der Waals surface area contributed by atoms with E-state index in [9.17, 15) is 9.90 Å². The van der Waals surface area contributed by atoms with Crippen molar-refractivity contribution in [3.05, 3.63) is 29.8 Å². The lowest BCUT2D eigenvalue weighted by atomic mass is 9.81. The number of rotatable bonds is 7. The van der Waals surface area contributed by atoms with Crippen LogP contribution in [-0.2, 0) is 4.79 Å². The Morgan fingerprint density at radius 2 is 2.05 bits per heavy atom. The van der Waals surface area contributed by atoms with Gasteiger partial charge in [-0.1, -0.05) is 39.8 Å². The third-order valence-corrected chi connectivity index (χ3v) is 3.53. The Bertz CT molecular complexity index is 469. The fourth-order valence-corrected chi connectivity index (χ4v) is 2.24. The van der Waals surface area contributed by atoms with Gasteiger partial charge in [0.05, 0.1) is 6.10 Å². The molecule has 21 heavy (non-hydrogen) atoms. The molecular weight excluding hydrogens is 266 g/mol. The van der Waals surface area contributed by atoms with Gasteiger partial charge in [0.15, 0.2) is 6.61 Å². The van der Waals surface area contributed by atoms with Crippen LogP contribution < -0.4 is 10.1 Å². The van der Waals surface area contributed by atoms with E-state index in [1.54, 1.807) is 0 Å². The van der Waals surface area contributed by atoms with E-state index in [0.717, 1.165) is 5.56 Å². The number of aryl methyl sites for hydroxylation is 1. The Balaban J connectivity index is 2.41. The summed E-state index contributed by atoms with van der Waals surface area (Å²) >= 11 is 0. The normalized spacial score (nSPS) is 13.1. The van der Waals surface area contributed by atoms with Gasteiger partial charge in [-0.25, -0.2) is 0 Å². The maximum atomic E-state index is 11.8. The highest BCUT2D eigenvalue weighted by atomic mass is 16.5. The Kier molecular flexibility index (Phi) is 6.21. The molecule has 1 rings (SSSR count). The second-order valence-electron chi connectivity index (χ2n) is 6.56. The summed E-state index contributed by atoms with van der Waals surface area (Å²) in [7, 11) is 0. The lowest BCUT2D eigenvalue weighted by Gasteiger charge is -2.33. The molecule has 0 heterocycles. The fourth-order valence-electron chi connectivity index (χ4n) is 2.24. The minimum Gasteiger partial charge on any atom is -0.484 e. The number of amides is 1. The molecule has 1 amide bonds. The van der Waals surface area contributed by atoms with Crippen molar-refractivity contribution in [2.45, 2.75) is 40.7 Å². The van der Waals surface area contributed by atoms with Crippen molar-refractivity contribution < 1.29 is 14.6 Å². The summed E-state index contributed by atoms with van der Waals surface area (Å²) in [5, 5.41) is 12.9. The van der Waals surface area contributed by atoms with E-state index < -0.39 is 6.10 Å². The number of nitrogens with one attached hydrogen (secondary N) is 1. The number of carbonyl (C=O) groups is 1. The van der Waals surface area contributed by atoms with Gasteiger partial charge in [-0.05, 0) is 30.5 Å². The van der Waals surface area contributed by atoms with Crippen LogP contribution in [0.4, 0.5) is 0 Å². The van der Waals surface area contributed by atoms with Crippen molar-refractivity contribution in [2.24, 2.45) is 11.3 Å². The van der Waals surface area contributed by atoms with Crippen LogP contribution in [0, 0.1) is 18.3 Å². The minimum absolute atomic E-state index is 0.0166. The highest BCUT2D eigenvalue weighted by molar-refractivity contribution is 5.77. The molecule has 0 aliphatic rings. The molecule has 0 radical (unpaired) electrons. The summed E-state index contributed by atoms with van der Waals surface area (Å²) in [6.07, 6.45) is -0.463. The molecule has 0 saturated carbocycles. The molecule has 1 aromatic carbocycles. The predicted molar refractivity (Wildman–Crippen MR) is 84.3 cm³/mol. The molecule has 118 valence electrons. The number of aliphatic hydroxyl groups is 1. The van der Waals surface area contributed by atoms with Crippen LogP contribution in [0.5, 0.6) is 5.75 Å². The number of benzene rings is 1. The number of ether oxygens (including phenoxy) is 1. The molecule has 0 aliphatic heterocycles. The molecule has 1 aromatic rings. The summed E-state index contributed by atoms with van der Waals surface area (Å²) in [6, 6.07) is 7.58. The third kappa shape index (κ3) is 5.76. The van der Waals surface area contributed by atoms with Crippen LogP contribution >= 0.6 is 0 Å². The number of carbonyl (C=O) groups excluding carboxylic acids is 1. The van der Waals surface area contributed by atoms with Crippen LogP contribution in [0.15, 0.2) is 24.3 Å². The zero-order valence-corrected chi connectivity index (χ0v) is 13.6. The highest BCUT2D eigenvalue weighted by Gasteiger charge is 2.30. The van der Waals surface area contributed by atoms with Crippen molar-refractivity contribution in [3.63, 3.8) is 0 Å². The topological polar surface area (TPSA) is 58.6 Å². The second-order valence-corrected chi connectivity index (χ2v) is 6.56. The molecule has 0 bridgehead atoms. The highest BCUT2D eigenvalue weighted by Crippen LogP contribution is 2.25. The number of hydrogen-bond acceptors (Lipinski definition) is 3. The molecule has 4 heteroatoms. The van der Waals surface area contributed by atoms with Gasteiger partial charge in [0.1, 0.15) is 5.75 Å². The summed E-state index contributed by atoms with van der Waals surface area (Å²) < 4.78 is 5.45. The van der Waals surface area contributed by atoms with E-state index in [0.29, 0.717) is 12.3 Å². The van der Waals surface area contributed by atoms with Crippen molar-refractivity contribution >= 4 is 5.91 Å². The standard InChI is InChI=1S/C17H27NO3/c1-12(2)16(20)17(4,5)11-18-15(19)10-21-14-8-6-7-13(3)9-14/h6-9,12,16,20H,10-11H2,1-5H3,(H,18,19). The smallest absolute Gasteiger partial charge is 0.257 e. The monoisotopic (exact) mass is 293 g/mol. The maximum Gasteiger partial charge on any atom is 0.257 e. The second kappa shape index (κ2) is 7.46. The van der Waals surface area contributed by atoms with E-state index >= 15 is 0 Å². The Hall–Kier alpha value is -1.55. The van der Waals surface area contributed by atoms with Crippen molar-refractivity contribution in [2.75, 3.05) is 13.2 Å². The van der Waals surface area contributed by atoms with E-state index in [4.69, 9.17) is 4.74 Å². The van der Waals surface area contributed by atoms with E-state index in [-0.39, 0.29) is 23.8 Å². The van der Waals surface area contributed by atoms with Gasteiger partial charge < -0.3 is 15.2 Å². The van der Waals surface area contributed by atoms with Gasteiger partial charge in [-0.3, -0.25) is 4.79 Å². The summed E-state index contributed by atoms with van der Waals surface area (Å²) in [6.45, 7) is 10.2. The third-order valence-electron chi connectivity index (χ3n) is 3.53. The van der Waals surface area contributed by atoms with Crippen molar-refractivity contribution in [1.82, 2.24) is 5.32 Å². The molecular formula is C17H27NO3. The van der Waals surface area contributed by atoms with E-state index in [2.05, 4.69) is 5.32 Å². The average molecular weight is 293 g/mol. The maximum absolute atomic E-state index is 11.8. The molecule has 4 nitrogen and oxygen atoms in total. The van der Waals surface area contributed by atoms with Crippen LogP contribution in [0.25, 0.3) is 0 Å². The quantitative estimate of drug-likeness (QED) is 0.812. The summed E-state index contributed by atoms with van der Waals surface area (Å²) in [5.74, 6) is 0.660. The predicted octanol–water partition coefficient (Wildman–Crippen LogP) is 2.53. The SMILES string of the molecule is Cc1cccc(OCC(=O)NCC(C)(C)C(O)C(C)C)c1. The zero-order chi connectivity index (χ0) is 16.0. The lowest BCUT2D eigenvalue weighted by Crippen LogP contribution is -2.44. The molecule has 0 saturated heterocycles. The van der Waals surface area contributed by atoms with Crippen molar-refractivity contribution in [1.29, 1.82) is 0 Å². The van der Waals surface area contributed by atoms with Crippen molar-refractivity contribution in [3.8, 4) is 5.75 Å². The lowest BCUT2D eigenvalue weighted by molar-refractivity contribution is -0.124. The Morgan fingerprint density at radius 1 is 1.38 bits per heavy atom. The Labute approximate surface area is 127 Å². The van der Waals surface area contributed by atoms with Gasteiger partial charge in [0.2, 0.25) is 0 Å². The van der Waals surface area contributed by atoms with E-state index in [1.807, 2.05) is 58.9 Å². The van der Waals surface area contributed by atoms with Gasteiger partial charge in [0.25, 0.3) is 5.91 Å². The first-order valence-electron chi connectivity index (χ1n) is 7.36. The molecule has 2 N–H and O–H groups in total. The first-order chi connectivity index (χ1) is 9.72. The summed E-state index contributed by atoms with van der Waals surface area (Å²) in [5.41, 5.74) is 0.724. The van der Waals surface area contributed by atoms with Gasteiger partial charge in [0, 0.05) is 12.0 Å². The molecule has 1 unspecified atom stereocenters.